The Kier molecular flexibility index (Phi) is 7.25. The minimum atomic E-state index is -0.167. The molecule has 1 saturated heterocycles. The molecule has 2 aromatic carbocycles. The van der Waals surface area contributed by atoms with Crippen LogP contribution in [-0.4, -0.2) is 57.2 Å². The maximum absolute atomic E-state index is 13.9. The van der Waals surface area contributed by atoms with Crippen molar-refractivity contribution in [2.45, 2.75) is 12.8 Å². The fourth-order valence-corrected chi connectivity index (χ4v) is 3.41. The highest BCUT2D eigenvalue weighted by Crippen LogP contribution is 2.20. The van der Waals surface area contributed by atoms with Gasteiger partial charge < -0.3 is 15.0 Å². The van der Waals surface area contributed by atoms with Crippen molar-refractivity contribution < 1.29 is 13.9 Å². The Balaban J connectivity index is 1.32. The topological polar surface area (TPSA) is 44.8 Å². The highest BCUT2D eigenvalue weighted by molar-refractivity contribution is 5.76. The normalized spacial score (nSPS) is 14.7. The predicted octanol–water partition coefficient (Wildman–Crippen LogP) is 2.71. The van der Waals surface area contributed by atoms with E-state index in [-0.39, 0.29) is 11.7 Å². The Morgan fingerprint density at radius 3 is 2.46 bits per heavy atom. The third-order valence-electron chi connectivity index (χ3n) is 5.12. The van der Waals surface area contributed by atoms with Crippen molar-refractivity contribution in [3.8, 4) is 5.75 Å². The summed E-state index contributed by atoms with van der Waals surface area (Å²) in [6, 6.07) is 14.7. The van der Waals surface area contributed by atoms with E-state index in [9.17, 15) is 9.18 Å². The molecular formula is C22H28FN3O2. The summed E-state index contributed by atoms with van der Waals surface area (Å²) in [7, 11) is 1.64. The molecule has 1 aliphatic heterocycles. The van der Waals surface area contributed by atoms with Gasteiger partial charge in [0.05, 0.1) is 12.8 Å². The van der Waals surface area contributed by atoms with Crippen LogP contribution in [0.4, 0.5) is 10.1 Å². The number of para-hydroxylation sites is 1. The van der Waals surface area contributed by atoms with Gasteiger partial charge in [-0.15, -0.1) is 0 Å². The molecule has 3 rings (SSSR count). The summed E-state index contributed by atoms with van der Waals surface area (Å²) >= 11 is 0. The first-order valence-corrected chi connectivity index (χ1v) is 9.77. The second-order valence-corrected chi connectivity index (χ2v) is 6.98. The number of rotatable bonds is 8. The Hall–Kier alpha value is -2.60. The summed E-state index contributed by atoms with van der Waals surface area (Å²) in [6.45, 7) is 4.80. The number of halogens is 1. The lowest BCUT2D eigenvalue weighted by atomic mass is 10.1. The van der Waals surface area contributed by atoms with Crippen LogP contribution in [0.3, 0.4) is 0 Å². The lowest BCUT2D eigenvalue weighted by molar-refractivity contribution is -0.121. The average Bonchev–Trinajstić information content (AvgIpc) is 2.73. The summed E-state index contributed by atoms with van der Waals surface area (Å²) in [6.07, 6.45) is 1.20. The second-order valence-electron chi connectivity index (χ2n) is 6.98. The number of benzene rings is 2. The Bertz CT molecular complexity index is 759. The molecule has 0 atom stereocenters. The molecular weight excluding hydrogens is 357 g/mol. The molecule has 1 heterocycles. The third kappa shape index (κ3) is 5.70. The zero-order valence-corrected chi connectivity index (χ0v) is 16.4. The van der Waals surface area contributed by atoms with Crippen molar-refractivity contribution in [2.24, 2.45) is 0 Å². The first-order valence-electron chi connectivity index (χ1n) is 9.77. The third-order valence-corrected chi connectivity index (χ3v) is 5.12. The lowest BCUT2D eigenvalue weighted by Crippen LogP contribution is -2.48. The Morgan fingerprint density at radius 2 is 1.79 bits per heavy atom. The van der Waals surface area contributed by atoms with Crippen LogP contribution < -0.4 is 15.0 Å². The van der Waals surface area contributed by atoms with Gasteiger partial charge in [0.15, 0.2) is 0 Å². The minimum absolute atomic E-state index is 0.0702. The minimum Gasteiger partial charge on any atom is -0.497 e. The number of methoxy groups -OCH3 is 1. The van der Waals surface area contributed by atoms with E-state index < -0.39 is 0 Å². The number of ether oxygens (including phenoxy) is 1. The van der Waals surface area contributed by atoms with Gasteiger partial charge in [0, 0.05) is 45.7 Å². The number of nitrogens with zero attached hydrogens (tertiary/aromatic N) is 2. The fraction of sp³-hybridized carbons (Fsp3) is 0.409. The molecule has 0 unspecified atom stereocenters. The van der Waals surface area contributed by atoms with Crippen molar-refractivity contribution in [2.75, 3.05) is 51.3 Å². The molecule has 5 nitrogen and oxygen atoms in total. The molecule has 0 saturated carbocycles. The molecule has 0 aromatic heterocycles. The van der Waals surface area contributed by atoms with Gasteiger partial charge in [0.25, 0.3) is 0 Å². The van der Waals surface area contributed by atoms with Gasteiger partial charge in [0.2, 0.25) is 5.91 Å². The molecule has 0 bridgehead atoms. The maximum Gasteiger partial charge on any atom is 0.220 e. The van der Waals surface area contributed by atoms with E-state index in [2.05, 4.69) is 15.1 Å². The number of carbonyl (C=O) groups excluding carboxylic acids is 1. The number of nitrogens with one attached hydrogen (secondary N) is 1. The first kappa shape index (κ1) is 20.1. The molecule has 1 N–H and O–H groups in total. The van der Waals surface area contributed by atoms with Gasteiger partial charge in [-0.1, -0.05) is 24.3 Å². The highest BCUT2D eigenvalue weighted by Gasteiger charge is 2.18. The van der Waals surface area contributed by atoms with Crippen LogP contribution in [0, 0.1) is 5.82 Å². The SMILES string of the molecule is COc1ccc(CCC(=O)NCCN2CCN(c3ccccc3F)CC2)cc1. The fourth-order valence-electron chi connectivity index (χ4n) is 3.41. The Labute approximate surface area is 166 Å². The first-order chi connectivity index (χ1) is 13.7. The predicted molar refractivity (Wildman–Crippen MR) is 109 cm³/mol. The summed E-state index contributed by atoms with van der Waals surface area (Å²) in [4.78, 5) is 16.4. The highest BCUT2D eigenvalue weighted by atomic mass is 19.1. The van der Waals surface area contributed by atoms with Gasteiger partial charge >= 0.3 is 0 Å². The molecule has 28 heavy (non-hydrogen) atoms. The van der Waals surface area contributed by atoms with Gasteiger partial charge in [-0.3, -0.25) is 9.69 Å². The molecule has 2 aromatic rings. The van der Waals surface area contributed by atoms with E-state index >= 15 is 0 Å². The van der Waals surface area contributed by atoms with Gasteiger partial charge in [-0.05, 0) is 36.2 Å². The van der Waals surface area contributed by atoms with Crippen LogP contribution in [0.25, 0.3) is 0 Å². The number of hydrogen-bond acceptors (Lipinski definition) is 4. The maximum atomic E-state index is 13.9. The molecule has 1 fully saturated rings. The zero-order chi connectivity index (χ0) is 19.8. The van der Waals surface area contributed by atoms with E-state index in [1.807, 2.05) is 36.4 Å². The molecule has 0 radical (unpaired) electrons. The van der Waals surface area contributed by atoms with Gasteiger partial charge in [0.1, 0.15) is 11.6 Å². The van der Waals surface area contributed by atoms with E-state index in [1.54, 1.807) is 13.2 Å². The standard InChI is InChI=1S/C22H28FN3O2/c1-28-19-9-6-18(7-10-19)8-11-22(27)24-12-13-25-14-16-26(17-15-25)21-5-3-2-4-20(21)23/h2-7,9-10H,8,11-17H2,1H3,(H,24,27). The molecule has 1 aliphatic rings. The summed E-state index contributed by atoms with van der Waals surface area (Å²) in [5.74, 6) is 0.726. The molecule has 0 aliphatic carbocycles. The van der Waals surface area contributed by atoms with Crippen LogP contribution in [0.15, 0.2) is 48.5 Å². The number of piperazine rings is 1. The van der Waals surface area contributed by atoms with Crippen LogP contribution in [0.5, 0.6) is 5.75 Å². The van der Waals surface area contributed by atoms with Crippen molar-refractivity contribution in [1.82, 2.24) is 10.2 Å². The molecule has 0 spiro atoms. The molecule has 6 heteroatoms. The molecule has 1 amide bonds. The average molecular weight is 385 g/mol. The number of carbonyl (C=O) groups is 1. The number of anilines is 1. The number of aryl methyl sites for hydroxylation is 1. The molecule has 150 valence electrons. The largest absolute Gasteiger partial charge is 0.497 e. The van der Waals surface area contributed by atoms with Crippen molar-refractivity contribution >= 4 is 11.6 Å². The number of amides is 1. The van der Waals surface area contributed by atoms with Crippen molar-refractivity contribution in [3.05, 3.63) is 59.9 Å². The lowest BCUT2D eigenvalue weighted by Gasteiger charge is -2.36. The number of hydrogen-bond donors (Lipinski definition) is 1. The summed E-state index contributed by atoms with van der Waals surface area (Å²) < 4.78 is 19.0. The summed E-state index contributed by atoms with van der Waals surface area (Å²) in [5.41, 5.74) is 1.80. The van der Waals surface area contributed by atoms with Crippen LogP contribution in [-0.2, 0) is 11.2 Å². The zero-order valence-electron chi connectivity index (χ0n) is 16.4. The van der Waals surface area contributed by atoms with E-state index in [0.29, 0.717) is 18.7 Å². The van der Waals surface area contributed by atoms with E-state index in [0.717, 1.165) is 50.5 Å². The smallest absolute Gasteiger partial charge is 0.220 e. The van der Waals surface area contributed by atoms with Crippen LogP contribution >= 0.6 is 0 Å². The van der Waals surface area contributed by atoms with Gasteiger partial charge in [-0.2, -0.15) is 0 Å². The van der Waals surface area contributed by atoms with E-state index in [4.69, 9.17) is 4.74 Å². The quantitative estimate of drug-likeness (QED) is 0.759. The Morgan fingerprint density at radius 1 is 1.07 bits per heavy atom. The van der Waals surface area contributed by atoms with Gasteiger partial charge in [-0.25, -0.2) is 4.39 Å². The second kappa shape index (κ2) is 10.1. The summed E-state index contributed by atoms with van der Waals surface area (Å²) in [5, 5.41) is 3.00. The van der Waals surface area contributed by atoms with E-state index in [1.165, 1.54) is 6.07 Å². The van der Waals surface area contributed by atoms with Crippen LogP contribution in [0.1, 0.15) is 12.0 Å². The van der Waals surface area contributed by atoms with Crippen molar-refractivity contribution in [1.29, 1.82) is 0 Å². The monoisotopic (exact) mass is 385 g/mol. The van der Waals surface area contributed by atoms with Crippen LogP contribution in [0.2, 0.25) is 0 Å². The van der Waals surface area contributed by atoms with Crippen molar-refractivity contribution in [3.63, 3.8) is 0 Å².